The van der Waals surface area contributed by atoms with E-state index in [1.165, 1.54) is 12.4 Å². The van der Waals surface area contributed by atoms with E-state index in [1.54, 1.807) is 0 Å². The van der Waals surface area contributed by atoms with E-state index in [0.717, 1.165) is 25.7 Å². The average molecular weight is 285 g/mol. The first-order valence-corrected chi connectivity index (χ1v) is 7.80. The van der Waals surface area contributed by atoms with Gasteiger partial charge < -0.3 is 0 Å². The lowest BCUT2D eigenvalue weighted by Crippen LogP contribution is -2.38. The third kappa shape index (κ3) is 3.62. The van der Waals surface area contributed by atoms with Crippen molar-refractivity contribution in [3.05, 3.63) is 12.4 Å². The summed E-state index contributed by atoms with van der Waals surface area (Å²) in [5, 5.41) is 0. The van der Waals surface area contributed by atoms with Crippen LogP contribution in [0.3, 0.4) is 0 Å². The Morgan fingerprint density at radius 2 is 2.00 bits per heavy atom. The summed E-state index contributed by atoms with van der Waals surface area (Å²) in [5.41, 5.74) is 2.26. The highest BCUT2D eigenvalue weighted by atomic mass is 32.2. The van der Waals surface area contributed by atoms with Gasteiger partial charge in [0, 0.05) is 6.04 Å². The molecule has 4 N–H and O–H groups in total. The summed E-state index contributed by atoms with van der Waals surface area (Å²) in [4.78, 5) is 7.67. The number of hydrazine groups is 1. The van der Waals surface area contributed by atoms with Crippen molar-refractivity contribution >= 4 is 16.0 Å². The van der Waals surface area contributed by atoms with Crippen LogP contribution in [-0.2, 0) is 10.0 Å². The Kier molecular flexibility index (Phi) is 4.33. The van der Waals surface area contributed by atoms with Crippen LogP contribution in [-0.4, -0.2) is 24.4 Å². The molecule has 2 unspecified atom stereocenters. The molecular weight excluding hydrogens is 266 g/mol. The Morgan fingerprint density at radius 1 is 1.32 bits per heavy atom. The summed E-state index contributed by atoms with van der Waals surface area (Å²) in [6, 6.07) is 0.000981. The summed E-state index contributed by atoms with van der Waals surface area (Å²) >= 11 is 0. The van der Waals surface area contributed by atoms with Crippen LogP contribution < -0.4 is 16.0 Å². The van der Waals surface area contributed by atoms with Crippen LogP contribution in [0, 0.1) is 5.92 Å². The Labute approximate surface area is 113 Å². The number of hydrogen-bond acceptors (Lipinski definition) is 6. The number of nitrogens with two attached hydrogens (primary N) is 1. The van der Waals surface area contributed by atoms with Crippen LogP contribution in [0.4, 0.5) is 5.95 Å². The number of anilines is 1. The van der Waals surface area contributed by atoms with Crippen molar-refractivity contribution in [2.24, 2.45) is 11.8 Å². The fourth-order valence-corrected chi connectivity index (χ4v) is 3.53. The van der Waals surface area contributed by atoms with Crippen molar-refractivity contribution in [1.29, 1.82) is 0 Å². The maximum Gasteiger partial charge on any atom is 0.243 e. The minimum atomic E-state index is -3.55. The lowest BCUT2D eigenvalue weighted by atomic mass is 9.88. The SMILES string of the molecule is CC1CCCC(NS(=O)(=O)c2cnc(NN)nc2)C1. The molecule has 1 heterocycles. The zero-order valence-corrected chi connectivity index (χ0v) is 11.7. The number of nitrogens with one attached hydrogen (secondary N) is 2. The molecule has 8 heteroatoms. The van der Waals surface area contributed by atoms with Gasteiger partial charge in [-0.3, -0.25) is 5.43 Å². The highest BCUT2D eigenvalue weighted by Gasteiger charge is 2.25. The zero-order chi connectivity index (χ0) is 13.9. The molecule has 1 aromatic rings. The monoisotopic (exact) mass is 285 g/mol. The zero-order valence-electron chi connectivity index (χ0n) is 10.8. The molecule has 2 rings (SSSR count). The maximum absolute atomic E-state index is 12.2. The van der Waals surface area contributed by atoms with Crippen molar-refractivity contribution in [2.75, 3.05) is 5.43 Å². The molecule has 1 saturated carbocycles. The summed E-state index contributed by atoms with van der Waals surface area (Å²) < 4.78 is 27.0. The molecule has 0 radical (unpaired) electrons. The van der Waals surface area contributed by atoms with Gasteiger partial charge in [-0.1, -0.05) is 19.8 Å². The number of sulfonamides is 1. The van der Waals surface area contributed by atoms with Crippen LogP contribution in [0.5, 0.6) is 0 Å². The minimum absolute atomic E-state index is 0.000981. The van der Waals surface area contributed by atoms with Crippen LogP contribution in [0.15, 0.2) is 17.3 Å². The molecular formula is C11H19N5O2S. The van der Waals surface area contributed by atoms with E-state index >= 15 is 0 Å². The number of rotatable bonds is 4. The highest BCUT2D eigenvalue weighted by molar-refractivity contribution is 7.89. The van der Waals surface area contributed by atoms with Crippen molar-refractivity contribution in [2.45, 2.75) is 43.5 Å². The summed E-state index contributed by atoms with van der Waals surface area (Å²) in [6.07, 6.45) is 6.47. The lowest BCUT2D eigenvalue weighted by Gasteiger charge is -2.27. The van der Waals surface area contributed by atoms with Gasteiger partial charge in [0.15, 0.2) is 0 Å². The summed E-state index contributed by atoms with van der Waals surface area (Å²) in [5.74, 6) is 5.88. The predicted molar refractivity (Wildman–Crippen MR) is 71.6 cm³/mol. The topological polar surface area (TPSA) is 110 Å². The van der Waals surface area contributed by atoms with E-state index in [9.17, 15) is 8.42 Å². The van der Waals surface area contributed by atoms with Crippen LogP contribution in [0.2, 0.25) is 0 Å². The molecule has 2 atom stereocenters. The van der Waals surface area contributed by atoms with Crippen LogP contribution >= 0.6 is 0 Å². The normalized spacial score (nSPS) is 24.1. The molecule has 19 heavy (non-hydrogen) atoms. The second kappa shape index (κ2) is 5.81. The van der Waals surface area contributed by atoms with E-state index in [-0.39, 0.29) is 16.9 Å². The quantitative estimate of drug-likeness (QED) is 0.552. The first-order valence-electron chi connectivity index (χ1n) is 6.32. The molecule has 0 amide bonds. The van der Waals surface area contributed by atoms with E-state index in [2.05, 4.69) is 27.0 Å². The largest absolute Gasteiger partial charge is 0.292 e. The summed E-state index contributed by atoms with van der Waals surface area (Å²) in [7, 11) is -3.55. The molecule has 0 spiro atoms. The Hall–Kier alpha value is -1.25. The van der Waals surface area contributed by atoms with Crippen molar-refractivity contribution in [3.8, 4) is 0 Å². The van der Waals surface area contributed by atoms with Crippen molar-refractivity contribution in [1.82, 2.24) is 14.7 Å². The molecule has 1 fully saturated rings. The maximum atomic E-state index is 12.2. The smallest absolute Gasteiger partial charge is 0.243 e. The molecule has 1 aliphatic carbocycles. The Morgan fingerprint density at radius 3 is 2.58 bits per heavy atom. The van der Waals surface area contributed by atoms with Gasteiger partial charge in [0.25, 0.3) is 0 Å². The van der Waals surface area contributed by atoms with E-state index in [4.69, 9.17) is 5.84 Å². The standard InChI is InChI=1S/C11H19N5O2S/c1-8-3-2-4-9(5-8)16-19(17,18)10-6-13-11(15-12)14-7-10/h6-9,16H,2-5,12H2,1H3,(H,13,14,15). The first-order chi connectivity index (χ1) is 9.01. The molecule has 1 aliphatic rings. The van der Waals surface area contributed by atoms with Gasteiger partial charge in [-0.15, -0.1) is 0 Å². The van der Waals surface area contributed by atoms with Gasteiger partial charge in [0.2, 0.25) is 16.0 Å². The third-order valence-electron chi connectivity index (χ3n) is 3.33. The first kappa shape index (κ1) is 14.2. The fourth-order valence-electron chi connectivity index (χ4n) is 2.36. The molecule has 1 aromatic heterocycles. The van der Waals surface area contributed by atoms with Gasteiger partial charge in [-0.25, -0.2) is 29.0 Å². The van der Waals surface area contributed by atoms with Crippen molar-refractivity contribution < 1.29 is 8.42 Å². The Balaban J connectivity index is 2.08. The van der Waals surface area contributed by atoms with Gasteiger partial charge >= 0.3 is 0 Å². The number of hydrogen-bond donors (Lipinski definition) is 3. The second-order valence-electron chi connectivity index (χ2n) is 4.98. The van der Waals surface area contributed by atoms with Crippen molar-refractivity contribution in [3.63, 3.8) is 0 Å². The number of aromatic nitrogens is 2. The molecule has 0 aliphatic heterocycles. The molecule has 0 saturated heterocycles. The Bertz CT molecular complexity index is 516. The third-order valence-corrected chi connectivity index (χ3v) is 4.80. The summed E-state index contributed by atoms with van der Waals surface area (Å²) in [6.45, 7) is 2.14. The van der Waals surface area contributed by atoms with E-state index in [1.807, 2.05) is 0 Å². The fraction of sp³-hybridized carbons (Fsp3) is 0.636. The molecule has 0 aromatic carbocycles. The van der Waals surface area contributed by atoms with E-state index < -0.39 is 10.0 Å². The van der Waals surface area contributed by atoms with Gasteiger partial charge in [-0.2, -0.15) is 0 Å². The molecule has 0 bridgehead atoms. The molecule has 7 nitrogen and oxygen atoms in total. The predicted octanol–water partition coefficient (Wildman–Crippen LogP) is 0.619. The average Bonchev–Trinajstić information content (AvgIpc) is 2.38. The molecule has 106 valence electrons. The van der Waals surface area contributed by atoms with Gasteiger partial charge in [-0.05, 0) is 18.8 Å². The second-order valence-corrected chi connectivity index (χ2v) is 6.69. The number of nitrogen functional groups attached to an aromatic ring is 1. The lowest BCUT2D eigenvalue weighted by molar-refractivity contribution is 0.327. The number of nitrogens with zero attached hydrogens (tertiary/aromatic N) is 2. The minimum Gasteiger partial charge on any atom is -0.292 e. The van der Waals surface area contributed by atoms with Crippen LogP contribution in [0.1, 0.15) is 32.6 Å². The van der Waals surface area contributed by atoms with E-state index in [0.29, 0.717) is 5.92 Å². The van der Waals surface area contributed by atoms with Crippen LogP contribution in [0.25, 0.3) is 0 Å². The van der Waals surface area contributed by atoms with Gasteiger partial charge in [0.1, 0.15) is 4.90 Å². The van der Waals surface area contributed by atoms with Gasteiger partial charge in [0.05, 0.1) is 12.4 Å². The highest BCUT2D eigenvalue weighted by Crippen LogP contribution is 2.24.